The highest BCUT2D eigenvalue weighted by atomic mass is 32.3. The number of rotatable bonds is 43. The fourth-order valence-electron chi connectivity index (χ4n) is 9.59. The fourth-order valence-corrected chi connectivity index (χ4v) is 13.5. The largest absolute Gasteiger partial charge is 0.397 e. The van der Waals surface area contributed by atoms with Gasteiger partial charge in [-0.3, -0.25) is 31.9 Å². The van der Waals surface area contributed by atoms with E-state index in [0.29, 0.717) is 0 Å². The summed E-state index contributed by atoms with van der Waals surface area (Å²) in [5, 5.41) is 20.6. The normalized spacial score (nSPS) is 22.1. The molecule has 0 aromatic heterocycles. The molecule has 2 aliphatic rings. The molecule has 2 heterocycles. The minimum atomic E-state index is -6.16. The summed E-state index contributed by atoms with van der Waals surface area (Å²) in [6, 6.07) is 0. The van der Waals surface area contributed by atoms with Crippen LogP contribution >= 0.6 is 25.3 Å². The summed E-state index contributed by atoms with van der Waals surface area (Å²) in [6.45, 7) is 67.2. The van der Waals surface area contributed by atoms with E-state index >= 15 is 0 Å². The second-order valence-corrected chi connectivity index (χ2v) is 30.9. The maximum absolute atomic E-state index is 12.1. The zero-order valence-corrected chi connectivity index (χ0v) is 73.7. The second-order valence-electron chi connectivity index (χ2n) is 22.3. The molecule has 2 aliphatic heterocycles. The second kappa shape index (κ2) is 61.7. The summed E-state index contributed by atoms with van der Waals surface area (Å²) in [5.41, 5.74) is 0. The minimum Gasteiger partial charge on any atom is -0.390 e. The van der Waals surface area contributed by atoms with E-state index in [9.17, 15) is 96.5 Å². The van der Waals surface area contributed by atoms with Crippen molar-refractivity contribution in [1.82, 2.24) is 34.3 Å². The highest BCUT2D eigenvalue weighted by Gasteiger charge is 2.62. The molecule has 0 aromatic carbocycles. The van der Waals surface area contributed by atoms with Crippen LogP contribution in [0.1, 0.15) is 152 Å². The lowest BCUT2D eigenvalue weighted by Crippen LogP contribution is -2.69. The summed E-state index contributed by atoms with van der Waals surface area (Å²) < 4.78 is 276. The van der Waals surface area contributed by atoms with Gasteiger partial charge < -0.3 is 58.7 Å². The lowest BCUT2D eigenvalue weighted by atomic mass is 9.90. The molecule has 2 saturated heterocycles. The molecule has 0 radical (unpaired) electrons. The maximum Gasteiger partial charge on any atom is 0.397 e. The van der Waals surface area contributed by atoms with Crippen LogP contribution in [0.3, 0.4) is 0 Å². The van der Waals surface area contributed by atoms with Crippen LogP contribution < -0.4 is 0 Å². The summed E-state index contributed by atoms with van der Waals surface area (Å²) in [7, 11) is -41.8. The van der Waals surface area contributed by atoms with Gasteiger partial charge in [0.25, 0.3) is 0 Å². The predicted molar refractivity (Wildman–Crippen MR) is 412 cm³/mol. The molecular weight excluding hydrogens is 1610 g/mol. The monoisotopic (exact) mass is 1750 g/mol. The van der Waals surface area contributed by atoms with E-state index < -0.39 is 170 Å². The third-order valence-electron chi connectivity index (χ3n) is 16.1. The van der Waals surface area contributed by atoms with Gasteiger partial charge in [-0.2, -0.15) is 71.6 Å². The molecule has 9 N–H and O–H groups in total. The van der Waals surface area contributed by atoms with E-state index in [1.165, 1.54) is 137 Å². The summed E-state index contributed by atoms with van der Waals surface area (Å²) in [4.78, 5) is 13.5. The molecule has 0 spiro atoms. The van der Waals surface area contributed by atoms with Gasteiger partial charge in [0.15, 0.2) is 12.4 Å². The van der Waals surface area contributed by atoms with Crippen molar-refractivity contribution in [2.24, 2.45) is 0 Å². The molecule has 0 amide bonds. The smallest absolute Gasteiger partial charge is 0.390 e. The molecule has 107 heavy (non-hydrogen) atoms. The lowest BCUT2D eigenvalue weighted by molar-refractivity contribution is -0.333. The molecule has 654 valence electrons. The molecule has 0 aromatic rings. The molecular formula is C58H135N7O33S9. The van der Waals surface area contributed by atoms with Crippen molar-refractivity contribution in [3.63, 3.8) is 0 Å². The third-order valence-corrected chi connectivity index (χ3v) is 20.2. The first-order valence-corrected chi connectivity index (χ1v) is 46.0. The summed E-state index contributed by atoms with van der Waals surface area (Å²) in [6.07, 6.45) is -33.3. The number of hydrogen-bond donors (Lipinski definition) is 11. The molecule has 0 bridgehead atoms. The lowest BCUT2D eigenvalue weighted by Gasteiger charge is -2.51. The Morgan fingerprint density at radius 3 is 0.785 bits per heavy atom. The molecule has 49 heteroatoms. The molecule has 2 fully saturated rings. The van der Waals surface area contributed by atoms with Crippen molar-refractivity contribution in [2.75, 3.05) is 156 Å². The Morgan fingerprint density at radius 2 is 0.561 bits per heavy atom. The van der Waals surface area contributed by atoms with Gasteiger partial charge in [-0.25, -0.2) is 29.3 Å². The van der Waals surface area contributed by atoms with E-state index in [-0.39, 0.29) is 0 Å². The van der Waals surface area contributed by atoms with Crippen LogP contribution in [-0.4, -0.2) is 364 Å². The Hall–Kier alpha value is -0.690. The average molecular weight is 1750 g/mol. The summed E-state index contributed by atoms with van der Waals surface area (Å²) >= 11 is 7.65. The van der Waals surface area contributed by atoms with Crippen LogP contribution in [0.25, 0.3) is 0 Å². The molecule has 0 saturated carbocycles. The zero-order valence-electron chi connectivity index (χ0n) is 66.2. The molecule has 12 atom stereocenters. The van der Waals surface area contributed by atoms with Gasteiger partial charge in [0.1, 0.15) is 47.7 Å². The summed E-state index contributed by atoms with van der Waals surface area (Å²) in [5.74, 6) is -0.619. The van der Waals surface area contributed by atoms with Crippen LogP contribution in [0, 0.1) is 0 Å². The third kappa shape index (κ3) is 60.5. The van der Waals surface area contributed by atoms with Crippen LogP contribution in [0.4, 0.5) is 0 Å². The number of aliphatic hydroxyl groups excluding tert-OH is 2. The first-order chi connectivity index (χ1) is 49.1. The Labute approximate surface area is 653 Å². The van der Waals surface area contributed by atoms with Gasteiger partial charge >= 0.3 is 72.8 Å². The Morgan fingerprint density at radius 1 is 0.327 bits per heavy atom. The Balaban J connectivity index is -0.000000410. The van der Waals surface area contributed by atoms with E-state index in [4.69, 9.17) is 18.8 Å². The number of aliphatic hydroxyl groups is 2. The van der Waals surface area contributed by atoms with Gasteiger partial charge in [0.05, 0.1) is 25.4 Å². The van der Waals surface area contributed by atoms with E-state index in [2.05, 4.69) is 234 Å². The van der Waals surface area contributed by atoms with Crippen molar-refractivity contribution >= 4 is 98.1 Å². The van der Waals surface area contributed by atoms with E-state index in [1.807, 2.05) is 0 Å². The molecule has 2 rings (SSSR count). The fraction of sp³-hybridized carbons (Fsp3) is 1.00. The first kappa shape index (κ1) is 117. The van der Waals surface area contributed by atoms with Crippen molar-refractivity contribution in [1.29, 1.82) is 0 Å². The van der Waals surface area contributed by atoms with Crippen LogP contribution in [0.5, 0.6) is 0 Å². The van der Waals surface area contributed by atoms with Crippen LogP contribution in [-0.2, 0) is 116 Å². The topological polar surface area (TPSA) is 536 Å². The number of thiol groups is 2. The highest BCUT2D eigenvalue weighted by molar-refractivity contribution is 7.83. The molecule has 0 aliphatic carbocycles. The average Bonchev–Trinajstić information content (AvgIpc) is 0.745. The van der Waals surface area contributed by atoms with Gasteiger partial charge in [-0.15, -0.1) is 12.6 Å². The van der Waals surface area contributed by atoms with Crippen LogP contribution in [0.15, 0.2) is 0 Å². The van der Waals surface area contributed by atoms with Crippen molar-refractivity contribution in [3.05, 3.63) is 0 Å². The number of nitrogens with zero attached hydrogens (tertiary/aromatic N) is 7. The maximum atomic E-state index is 12.1. The number of hydrogen-bond acceptors (Lipinski definition) is 35. The quantitative estimate of drug-likeness (QED) is 0.0308. The minimum absolute atomic E-state index is 0.619. The van der Waals surface area contributed by atoms with Gasteiger partial charge in [-0.1, -0.05) is 145 Å². The Kier molecular flexibility index (Phi) is 67.5. The zero-order chi connectivity index (χ0) is 85.1. The number of ether oxygens (including phenoxy) is 3. The molecule has 2 unspecified atom stereocenters. The predicted octanol–water partition coefficient (Wildman–Crippen LogP) is 3.18. The van der Waals surface area contributed by atoms with Crippen molar-refractivity contribution in [2.45, 2.75) is 224 Å². The van der Waals surface area contributed by atoms with Crippen molar-refractivity contribution in [3.8, 4) is 0 Å². The van der Waals surface area contributed by atoms with E-state index in [1.54, 1.807) is 0 Å². The first-order valence-electron chi connectivity index (χ1n) is 35.4. The van der Waals surface area contributed by atoms with Gasteiger partial charge in [0.2, 0.25) is 0 Å². The van der Waals surface area contributed by atoms with Crippen LogP contribution in [0.2, 0.25) is 0 Å². The highest BCUT2D eigenvalue weighted by Crippen LogP contribution is 2.44. The van der Waals surface area contributed by atoms with Gasteiger partial charge in [0, 0.05) is 12.2 Å². The Bertz CT molecular complexity index is 2860. The molecule has 40 nitrogen and oxygen atoms in total. The van der Waals surface area contributed by atoms with Crippen molar-refractivity contribution < 1.29 is 144 Å². The standard InChI is InChI=1S/C16H30O33S9.7C6H15N/c17-5(6(18)4-50)1-16(51)14(49-58(37,38)39)12(47-56(31,32)33)9(8(44-16)3-41-53(22,23)24)43-15-13(48-57(34,35)36)11(46-55(28,29)30)10(45-54(25,26)27)7(42-15)2-40-52(19,20)21;7*1-4-7(5-2)6-3/h5-15,17-18,50-51H,1-4H2,(H,19,20,21)(H,22,23,24)(H,25,26,27)(H,28,29,30)(H,31,32,33)(H,34,35,36)(H,37,38,39);7*4-6H2,1-3H3/t5?,6?,7-,8-,9-,10-,11+,12+,13-,14-,15-,16+;;;;;;;/m1......./s1. The van der Waals surface area contributed by atoms with Gasteiger partial charge in [-0.05, 0) is 137 Å². The van der Waals surface area contributed by atoms with E-state index in [0.717, 1.165) is 0 Å². The SMILES string of the molecule is CCN(CC)CC.CCN(CC)CC.CCN(CC)CC.CCN(CC)CC.CCN(CC)CC.CCN(CC)CC.CCN(CC)CC.O=S(=O)(O)OC[C@H]1O[C@H](O[C@H]2[C@H](OS(=O)(=O)O)[C@@H](OS(=O)(=O)O)[C@@](S)(CC(O)C(O)CS)O[C@@H]2COS(=O)(=O)O)[C@H](OS(=O)(=O)O)[C@@H](OS(=O)(=O)O)[C@@H]1OS(=O)(=O)O.